The number of fused-ring (bicyclic) bond motifs is 1. The number of rotatable bonds is 2. The molecule has 19 heavy (non-hydrogen) atoms. The third kappa shape index (κ3) is 3.41. The van der Waals surface area contributed by atoms with Gasteiger partial charge in [-0.2, -0.15) is 0 Å². The SMILES string of the molecule is C[C@H](c1csc2ccccc12)N1CCNCC1.Cl.Cl. The van der Waals surface area contributed by atoms with Crippen molar-refractivity contribution in [2.45, 2.75) is 13.0 Å². The van der Waals surface area contributed by atoms with Crippen molar-refractivity contribution >= 4 is 46.2 Å². The summed E-state index contributed by atoms with van der Waals surface area (Å²) in [7, 11) is 0. The van der Waals surface area contributed by atoms with Crippen molar-refractivity contribution < 1.29 is 0 Å². The van der Waals surface area contributed by atoms with E-state index in [1.54, 1.807) is 0 Å². The van der Waals surface area contributed by atoms with E-state index in [1.807, 2.05) is 11.3 Å². The van der Waals surface area contributed by atoms with Crippen LogP contribution in [0.1, 0.15) is 18.5 Å². The molecule has 1 aliphatic heterocycles. The van der Waals surface area contributed by atoms with Crippen LogP contribution < -0.4 is 5.32 Å². The first-order valence-corrected chi connectivity index (χ1v) is 7.15. The van der Waals surface area contributed by atoms with Crippen molar-refractivity contribution in [2.24, 2.45) is 0 Å². The zero-order valence-electron chi connectivity index (χ0n) is 11.0. The molecule has 0 saturated carbocycles. The normalized spacial score (nSPS) is 17.5. The summed E-state index contributed by atoms with van der Waals surface area (Å²) in [6.07, 6.45) is 0. The number of hydrogen-bond donors (Lipinski definition) is 1. The maximum atomic E-state index is 3.41. The maximum Gasteiger partial charge on any atom is 0.0346 e. The topological polar surface area (TPSA) is 15.3 Å². The molecule has 1 aromatic heterocycles. The fourth-order valence-electron chi connectivity index (χ4n) is 2.59. The molecule has 0 radical (unpaired) electrons. The second kappa shape index (κ2) is 7.46. The molecular formula is C14H20Cl2N2S. The molecule has 0 unspecified atom stereocenters. The fourth-order valence-corrected chi connectivity index (χ4v) is 3.64. The van der Waals surface area contributed by atoms with Crippen LogP contribution in [0.3, 0.4) is 0 Å². The van der Waals surface area contributed by atoms with Gasteiger partial charge >= 0.3 is 0 Å². The Hall–Kier alpha value is -0.320. The predicted octanol–water partition coefficient (Wildman–Crippen LogP) is 3.71. The van der Waals surface area contributed by atoms with Crippen LogP contribution in [0.15, 0.2) is 29.6 Å². The largest absolute Gasteiger partial charge is 0.314 e. The summed E-state index contributed by atoms with van der Waals surface area (Å²) in [5, 5.41) is 7.18. The highest BCUT2D eigenvalue weighted by atomic mass is 35.5. The molecule has 2 nitrogen and oxygen atoms in total. The van der Waals surface area contributed by atoms with Crippen molar-refractivity contribution in [3.63, 3.8) is 0 Å². The fraction of sp³-hybridized carbons (Fsp3) is 0.429. The molecule has 3 rings (SSSR count). The van der Waals surface area contributed by atoms with E-state index in [1.165, 1.54) is 15.6 Å². The average Bonchev–Trinajstić information content (AvgIpc) is 2.83. The molecule has 0 amide bonds. The minimum absolute atomic E-state index is 0. The van der Waals surface area contributed by atoms with Gasteiger partial charge in [-0.3, -0.25) is 4.90 Å². The van der Waals surface area contributed by atoms with Gasteiger partial charge in [0.1, 0.15) is 0 Å². The smallest absolute Gasteiger partial charge is 0.0346 e. The highest BCUT2D eigenvalue weighted by Crippen LogP contribution is 2.32. The molecule has 2 heterocycles. The Morgan fingerprint density at radius 2 is 1.84 bits per heavy atom. The van der Waals surface area contributed by atoms with Gasteiger partial charge in [0.2, 0.25) is 0 Å². The summed E-state index contributed by atoms with van der Waals surface area (Å²) in [4.78, 5) is 2.57. The molecule has 1 saturated heterocycles. The van der Waals surface area contributed by atoms with Gasteiger partial charge < -0.3 is 5.32 Å². The zero-order valence-corrected chi connectivity index (χ0v) is 13.4. The van der Waals surface area contributed by atoms with Gasteiger partial charge in [-0.25, -0.2) is 0 Å². The van der Waals surface area contributed by atoms with Crippen LogP contribution >= 0.6 is 36.2 Å². The van der Waals surface area contributed by atoms with Crippen LogP contribution in [-0.4, -0.2) is 31.1 Å². The number of benzene rings is 1. The third-order valence-corrected chi connectivity index (χ3v) is 4.64. The molecule has 1 aliphatic rings. The van der Waals surface area contributed by atoms with Gasteiger partial charge in [0.05, 0.1) is 0 Å². The summed E-state index contributed by atoms with van der Waals surface area (Å²) in [6, 6.07) is 9.27. The van der Waals surface area contributed by atoms with E-state index in [4.69, 9.17) is 0 Å². The van der Waals surface area contributed by atoms with Crippen molar-refractivity contribution in [3.8, 4) is 0 Å². The average molecular weight is 319 g/mol. The van der Waals surface area contributed by atoms with E-state index < -0.39 is 0 Å². The standard InChI is InChI=1S/C14H18N2S.2ClH/c1-11(16-8-6-15-7-9-16)13-10-17-14-5-3-2-4-12(13)14;;/h2-5,10-11,15H,6-9H2,1H3;2*1H/t11-;;/m1../s1. The molecule has 0 bridgehead atoms. The predicted molar refractivity (Wildman–Crippen MR) is 89.2 cm³/mol. The van der Waals surface area contributed by atoms with Crippen LogP contribution in [0.25, 0.3) is 10.1 Å². The lowest BCUT2D eigenvalue weighted by molar-refractivity contribution is 0.187. The van der Waals surface area contributed by atoms with Crippen molar-refractivity contribution in [1.29, 1.82) is 0 Å². The second-order valence-corrected chi connectivity index (χ2v) is 5.56. The number of thiophene rings is 1. The van der Waals surface area contributed by atoms with Crippen LogP contribution in [0.2, 0.25) is 0 Å². The minimum atomic E-state index is 0. The van der Waals surface area contributed by atoms with Gasteiger partial charge in [0.25, 0.3) is 0 Å². The molecule has 5 heteroatoms. The Morgan fingerprint density at radius 3 is 2.58 bits per heavy atom. The Bertz CT molecular complexity index is 509. The summed E-state index contributed by atoms with van der Waals surface area (Å²) < 4.78 is 1.41. The van der Waals surface area contributed by atoms with Crippen molar-refractivity contribution in [1.82, 2.24) is 10.2 Å². The van der Waals surface area contributed by atoms with E-state index in [2.05, 4.69) is 46.8 Å². The molecule has 1 N–H and O–H groups in total. The van der Waals surface area contributed by atoms with Gasteiger partial charge in [-0.05, 0) is 29.3 Å². The van der Waals surface area contributed by atoms with Crippen LogP contribution in [0.4, 0.5) is 0 Å². The van der Waals surface area contributed by atoms with Gasteiger partial charge in [0, 0.05) is 36.9 Å². The quantitative estimate of drug-likeness (QED) is 0.908. The highest BCUT2D eigenvalue weighted by Gasteiger charge is 2.20. The minimum Gasteiger partial charge on any atom is -0.314 e. The van der Waals surface area contributed by atoms with Gasteiger partial charge in [0.15, 0.2) is 0 Å². The highest BCUT2D eigenvalue weighted by molar-refractivity contribution is 7.17. The van der Waals surface area contributed by atoms with E-state index >= 15 is 0 Å². The zero-order chi connectivity index (χ0) is 11.7. The number of halogens is 2. The van der Waals surface area contributed by atoms with Crippen molar-refractivity contribution in [3.05, 3.63) is 35.2 Å². The lowest BCUT2D eigenvalue weighted by atomic mass is 10.1. The maximum absolute atomic E-state index is 3.41. The number of nitrogens with zero attached hydrogens (tertiary/aromatic N) is 1. The number of nitrogens with one attached hydrogen (secondary N) is 1. The van der Waals surface area contributed by atoms with Crippen LogP contribution in [-0.2, 0) is 0 Å². The molecule has 1 aromatic carbocycles. The van der Waals surface area contributed by atoms with E-state index in [0.29, 0.717) is 6.04 Å². The first-order valence-electron chi connectivity index (χ1n) is 6.27. The molecule has 1 atom stereocenters. The van der Waals surface area contributed by atoms with Gasteiger partial charge in [-0.15, -0.1) is 36.2 Å². The Labute approximate surface area is 131 Å². The third-order valence-electron chi connectivity index (χ3n) is 3.66. The van der Waals surface area contributed by atoms with E-state index in [-0.39, 0.29) is 24.8 Å². The summed E-state index contributed by atoms with van der Waals surface area (Å²) in [5.41, 5.74) is 1.49. The second-order valence-electron chi connectivity index (χ2n) is 4.65. The lowest BCUT2D eigenvalue weighted by Gasteiger charge is -2.32. The lowest BCUT2D eigenvalue weighted by Crippen LogP contribution is -2.44. The van der Waals surface area contributed by atoms with E-state index in [9.17, 15) is 0 Å². The van der Waals surface area contributed by atoms with Gasteiger partial charge in [-0.1, -0.05) is 18.2 Å². The first-order chi connectivity index (χ1) is 8.36. The van der Waals surface area contributed by atoms with Crippen molar-refractivity contribution in [2.75, 3.05) is 26.2 Å². The summed E-state index contributed by atoms with van der Waals surface area (Å²) in [5.74, 6) is 0. The molecule has 0 spiro atoms. The van der Waals surface area contributed by atoms with Crippen LogP contribution in [0.5, 0.6) is 0 Å². The Morgan fingerprint density at radius 1 is 1.16 bits per heavy atom. The molecule has 106 valence electrons. The molecule has 0 aliphatic carbocycles. The monoisotopic (exact) mass is 318 g/mol. The Balaban J connectivity index is 0.000000902. The number of piperazine rings is 1. The molecular weight excluding hydrogens is 299 g/mol. The summed E-state index contributed by atoms with van der Waals surface area (Å²) in [6.45, 7) is 6.88. The van der Waals surface area contributed by atoms with E-state index in [0.717, 1.165) is 26.2 Å². The number of hydrogen-bond acceptors (Lipinski definition) is 3. The van der Waals surface area contributed by atoms with Crippen LogP contribution in [0, 0.1) is 0 Å². The first kappa shape index (κ1) is 16.7. The molecule has 1 fully saturated rings. The molecule has 2 aromatic rings. The Kier molecular flexibility index (Phi) is 6.57. The summed E-state index contributed by atoms with van der Waals surface area (Å²) >= 11 is 1.86.